The van der Waals surface area contributed by atoms with Crippen molar-refractivity contribution in [3.8, 4) is 0 Å². The standard InChI is InChI=1S/C11H15F3N4S/c12-11(13,14)9-16-10(19-17-9)18-5-1-2-8(18)6-15-7-3-4-7/h7-8,15H,1-6H2. The summed E-state index contributed by atoms with van der Waals surface area (Å²) in [5.41, 5.74) is 0. The van der Waals surface area contributed by atoms with Crippen molar-refractivity contribution in [1.29, 1.82) is 0 Å². The molecule has 106 valence electrons. The van der Waals surface area contributed by atoms with Gasteiger partial charge in [0.25, 0.3) is 0 Å². The van der Waals surface area contributed by atoms with E-state index in [1.807, 2.05) is 4.90 Å². The van der Waals surface area contributed by atoms with Crippen molar-refractivity contribution < 1.29 is 13.2 Å². The number of anilines is 1. The first-order valence-electron chi connectivity index (χ1n) is 6.45. The summed E-state index contributed by atoms with van der Waals surface area (Å²) < 4.78 is 40.9. The van der Waals surface area contributed by atoms with E-state index in [0.717, 1.165) is 37.5 Å². The number of alkyl halides is 3. The van der Waals surface area contributed by atoms with Crippen LogP contribution in [0.1, 0.15) is 31.5 Å². The van der Waals surface area contributed by atoms with Gasteiger partial charge in [-0.3, -0.25) is 0 Å². The van der Waals surface area contributed by atoms with Gasteiger partial charge >= 0.3 is 6.18 Å². The molecule has 0 radical (unpaired) electrons. The summed E-state index contributed by atoms with van der Waals surface area (Å²) in [6.45, 7) is 1.59. The van der Waals surface area contributed by atoms with Crippen molar-refractivity contribution >= 4 is 16.7 Å². The van der Waals surface area contributed by atoms with E-state index in [4.69, 9.17) is 0 Å². The average Bonchev–Trinajstić information content (AvgIpc) is 2.87. The summed E-state index contributed by atoms with van der Waals surface area (Å²) in [6.07, 6.45) is -0.0255. The van der Waals surface area contributed by atoms with Gasteiger partial charge in [0.2, 0.25) is 11.0 Å². The molecule has 2 heterocycles. The molecule has 0 spiro atoms. The zero-order valence-corrected chi connectivity index (χ0v) is 11.1. The Morgan fingerprint density at radius 1 is 1.32 bits per heavy atom. The number of nitrogens with one attached hydrogen (secondary N) is 1. The van der Waals surface area contributed by atoms with Crippen LogP contribution >= 0.6 is 11.5 Å². The van der Waals surface area contributed by atoms with Crippen molar-refractivity contribution in [2.45, 2.75) is 43.9 Å². The lowest BCUT2D eigenvalue weighted by Crippen LogP contribution is -2.38. The molecule has 1 aromatic rings. The van der Waals surface area contributed by atoms with Crippen molar-refractivity contribution in [2.24, 2.45) is 0 Å². The molecule has 2 fully saturated rings. The third-order valence-electron chi connectivity index (χ3n) is 3.51. The molecule has 1 unspecified atom stereocenters. The molecule has 1 aliphatic heterocycles. The molecular formula is C11H15F3N4S. The predicted molar refractivity (Wildman–Crippen MR) is 66.3 cm³/mol. The normalized spacial score (nSPS) is 24.2. The minimum Gasteiger partial charge on any atom is -0.343 e. The highest BCUT2D eigenvalue weighted by molar-refractivity contribution is 7.09. The van der Waals surface area contributed by atoms with Crippen LogP contribution < -0.4 is 10.2 Å². The minimum absolute atomic E-state index is 0.245. The predicted octanol–water partition coefficient (Wildman–Crippen LogP) is 2.28. The van der Waals surface area contributed by atoms with Crippen LogP contribution in [0.4, 0.5) is 18.3 Å². The second-order valence-corrected chi connectivity index (χ2v) is 5.80. The lowest BCUT2D eigenvalue weighted by molar-refractivity contribution is -0.144. The summed E-state index contributed by atoms with van der Waals surface area (Å²) in [5, 5.41) is 3.82. The van der Waals surface area contributed by atoms with Crippen LogP contribution in [0.25, 0.3) is 0 Å². The van der Waals surface area contributed by atoms with Crippen LogP contribution in [0, 0.1) is 0 Å². The summed E-state index contributed by atoms with van der Waals surface area (Å²) in [4.78, 5) is 5.60. The van der Waals surface area contributed by atoms with Gasteiger partial charge in [-0.05, 0) is 25.7 Å². The van der Waals surface area contributed by atoms with E-state index < -0.39 is 12.0 Å². The zero-order chi connectivity index (χ0) is 13.5. The Hall–Kier alpha value is -0.890. The SMILES string of the molecule is FC(F)(F)c1nsc(N2CCCC2CNC2CC2)n1. The lowest BCUT2D eigenvalue weighted by atomic mass is 10.2. The summed E-state index contributed by atoms with van der Waals surface area (Å²) in [6, 6.07) is 0.859. The van der Waals surface area contributed by atoms with E-state index in [1.54, 1.807) is 0 Å². The molecule has 3 rings (SSSR count). The number of rotatable bonds is 4. The summed E-state index contributed by atoms with van der Waals surface area (Å²) in [5.74, 6) is -1.02. The van der Waals surface area contributed by atoms with Crippen LogP contribution in [0.2, 0.25) is 0 Å². The molecule has 1 aliphatic carbocycles. The first-order chi connectivity index (χ1) is 9.04. The van der Waals surface area contributed by atoms with Crippen molar-refractivity contribution in [3.63, 3.8) is 0 Å². The smallest absolute Gasteiger partial charge is 0.343 e. The molecular weight excluding hydrogens is 277 g/mol. The van der Waals surface area contributed by atoms with E-state index in [-0.39, 0.29) is 6.04 Å². The van der Waals surface area contributed by atoms with Gasteiger partial charge in [-0.2, -0.15) is 22.5 Å². The highest BCUT2D eigenvalue weighted by Crippen LogP contribution is 2.33. The van der Waals surface area contributed by atoms with E-state index in [0.29, 0.717) is 11.2 Å². The largest absolute Gasteiger partial charge is 0.452 e. The maximum atomic E-state index is 12.5. The van der Waals surface area contributed by atoms with Crippen molar-refractivity contribution in [3.05, 3.63) is 5.82 Å². The molecule has 1 atom stereocenters. The van der Waals surface area contributed by atoms with Crippen molar-refractivity contribution in [1.82, 2.24) is 14.7 Å². The first-order valence-corrected chi connectivity index (χ1v) is 7.22. The molecule has 1 saturated heterocycles. The van der Waals surface area contributed by atoms with Gasteiger partial charge in [0, 0.05) is 36.7 Å². The van der Waals surface area contributed by atoms with Gasteiger partial charge in [-0.25, -0.2) is 0 Å². The molecule has 1 aromatic heterocycles. The molecule has 0 aromatic carbocycles. The Balaban J connectivity index is 1.67. The molecule has 4 nitrogen and oxygen atoms in total. The highest BCUT2D eigenvalue weighted by atomic mass is 32.1. The third kappa shape index (κ3) is 3.00. The number of hydrogen-bond acceptors (Lipinski definition) is 5. The molecule has 2 aliphatic rings. The quantitative estimate of drug-likeness (QED) is 0.924. The summed E-state index contributed by atoms with van der Waals surface area (Å²) >= 11 is 0.844. The second-order valence-electron chi connectivity index (χ2n) is 5.07. The maximum absolute atomic E-state index is 12.5. The number of aromatic nitrogens is 2. The fourth-order valence-corrected chi connectivity index (χ4v) is 3.12. The second kappa shape index (κ2) is 4.90. The van der Waals surface area contributed by atoms with E-state index >= 15 is 0 Å². The van der Waals surface area contributed by atoms with E-state index in [2.05, 4.69) is 14.7 Å². The molecule has 1 N–H and O–H groups in total. The van der Waals surface area contributed by atoms with Crippen LogP contribution in [0.5, 0.6) is 0 Å². The van der Waals surface area contributed by atoms with E-state index in [1.165, 1.54) is 12.8 Å². The molecule has 0 bridgehead atoms. The Labute approximate surface area is 113 Å². The molecule has 8 heteroatoms. The van der Waals surface area contributed by atoms with Crippen molar-refractivity contribution in [2.75, 3.05) is 18.0 Å². The maximum Gasteiger partial charge on any atom is 0.452 e. The fourth-order valence-electron chi connectivity index (χ4n) is 2.34. The van der Waals surface area contributed by atoms with E-state index in [9.17, 15) is 13.2 Å². The number of halogens is 3. The number of hydrogen-bond donors (Lipinski definition) is 1. The first kappa shape index (κ1) is 13.1. The average molecular weight is 292 g/mol. The highest BCUT2D eigenvalue weighted by Gasteiger charge is 2.38. The monoisotopic (exact) mass is 292 g/mol. The van der Waals surface area contributed by atoms with Gasteiger partial charge in [0.1, 0.15) is 0 Å². The Morgan fingerprint density at radius 2 is 2.11 bits per heavy atom. The van der Waals surface area contributed by atoms with Crippen LogP contribution in [-0.4, -0.2) is 34.5 Å². The topological polar surface area (TPSA) is 41.1 Å². The van der Waals surface area contributed by atoms with Gasteiger partial charge < -0.3 is 10.2 Å². The van der Waals surface area contributed by atoms with Crippen LogP contribution in [-0.2, 0) is 6.18 Å². The van der Waals surface area contributed by atoms with Gasteiger partial charge in [-0.1, -0.05) is 0 Å². The Kier molecular flexibility index (Phi) is 3.38. The molecule has 19 heavy (non-hydrogen) atoms. The third-order valence-corrected chi connectivity index (χ3v) is 4.26. The molecule has 1 saturated carbocycles. The summed E-state index contributed by atoms with van der Waals surface area (Å²) in [7, 11) is 0. The Bertz CT molecular complexity index is 443. The zero-order valence-electron chi connectivity index (χ0n) is 10.3. The fraction of sp³-hybridized carbons (Fsp3) is 0.818. The van der Waals surface area contributed by atoms with Crippen LogP contribution in [0.3, 0.4) is 0 Å². The Morgan fingerprint density at radius 3 is 2.74 bits per heavy atom. The van der Waals surface area contributed by atoms with Gasteiger partial charge in [0.05, 0.1) is 0 Å². The number of nitrogens with zero attached hydrogens (tertiary/aromatic N) is 3. The van der Waals surface area contributed by atoms with Gasteiger partial charge in [0.15, 0.2) is 0 Å². The lowest BCUT2D eigenvalue weighted by Gasteiger charge is -2.23. The minimum atomic E-state index is -4.45. The molecule has 0 amide bonds. The van der Waals surface area contributed by atoms with Gasteiger partial charge in [-0.15, -0.1) is 0 Å². The van der Waals surface area contributed by atoms with Crippen LogP contribution in [0.15, 0.2) is 0 Å².